The summed E-state index contributed by atoms with van der Waals surface area (Å²) in [5, 5.41) is 3.79. The van der Waals surface area contributed by atoms with E-state index in [0.29, 0.717) is 0 Å². The minimum atomic E-state index is 1.11. The van der Waals surface area contributed by atoms with E-state index in [1.54, 1.807) is 0 Å². The standard InChI is InChI=1S/C7H12NO/c1-9-8-7-5-3-2-4-6-7/h1-6H2. The summed E-state index contributed by atoms with van der Waals surface area (Å²) in [6.45, 7) is 0. The number of hydrogen-bond donors (Lipinski definition) is 0. The van der Waals surface area contributed by atoms with Crippen molar-refractivity contribution < 1.29 is 4.84 Å². The maximum atomic E-state index is 4.42. The number of rotatable bonds is 1. The quantitative estimate of drug-likeness (QED) is 0.493. The van der Waals surface area contributed by atoms with Gasteiger partial charge in [-0.2, -0.15) is 0 Å². The summed E-state index contributed by atoms with van der Waals surface area (Å²) in [7, 11) is 3.19. The molecule has 0 aromatic carbocycles. The molecule has 0 aromatic heterocycles. The third-order valence-corrected chi connectivity index (χ3v) is 1.62. The van der Waals surface area contributed by atoms with Gasteiger partial charge in [-0.1, -0.05) is 11.6 Å². The normalized spacial score (nSPS) is 19.4. The lowest BCUT2D eigenvalue weighted by atomic mass is 9.99. The van der Waals surface area contributed by atoms with Gasteiger partial charge < -0.3 is 4.84 Å². The smallest absolute Gasteiger partial charge is 0.153 e. The van der Waals surface area contributed by atoms with Crippen molar-refractivity contribution in [2.75, 3.05) is 0 Å². The number of nitrogens with zero attached hydrogens (tertiary/aromatic N) is 1. The molecule has 1 aliphatic carbocycles. The van der Waals surface area contributed by atoms with Gasteiger partial charge >= 0.3 is 0 Å². The highest BCUT2D eigenvalue weighted by atomic mass is 16.6. The molecule has 0 aliphatic heterocycles. The molecule has 0 unspecified atom stereocenters. The first kappa shape index (κ1) is 6.59. The maximum absolute atomic E-state index is 4.42. The van der Waals surface area contributed by atoms with Crippen LogP contribution in [0.2, 0.25) is 0 Å². The zero-order valence-electron chi connectivity index (χ0n) is 5.60. The summed E-state index contributed by atoms with van der Waals surface area (Å²) >= 11 is 0. The molecule has 2 nitrogen and oxygen atoms in total. The van der Waals surface area contributed by atoms with Gasteiger partial charge in [0.1, 0.15) is 0 Å². The second-order valence-corrected chi connectivity index (χ2v) is 2.35. The summed E-state index contributed by atoms with van der Waals surface area (Å²) in [4.78, 5) is 4.42. The summed E-state index contributed by atoms with van der Waals surface area (Å²) in [5.41, 5.74) is 1.18. The third kappa shape index (κ3) is 2.04. The molecule has 0 atom stereocenters. The molecule has 0 saturated heterocycles. The number of hydrogen-bond acceptors (Lipinski definition) is 2. The van der Waals surface area contributed by atoms with Crippen molar-refractivity contribution in [2.24, 2.45) is 5.16 Å². The lowest BCUT2D eigenvalue weighted by Crippen LogP contribution is -2.04. The zero-order chi connectivity index (χ0) is 6.53. The highest BCUT2D eigenvalue weighted by Crippen LogP contribution is 2.14. The molecule has 9 heavy (non-hydrogen) atoms. The van der Waals surface area contributed by atoms with Crippen LogP contribution in [0.4, 0.5) is 0 Å². The van der Waals surface area contributed by atoms with E-state index >= 15 is 0 Å². The van der Waals surface area contributed by atoms with Gasteiger partial charge in [-0.3, -0.25) is 0 Å². The molecule has 1 aliphatic rings. The molecule has 0 spiro atoms. The predicted octanol–water partition coefficient (Wildman–Crippen LogP) is 2.11. The van der Waals surface area contributed by atoms with Gasteiger partial charge in [0.25, 0.3) is 0 Å². The SMILES string of the molecule is [CH2]ON=C1CCCCC1. The van der Waals surface area contributed by atoms with Crippen LogP contribution in [0, 0.1) is 7.11 Å². The average molecular weight is 126 g/mol. The van der Waals surface area contributed by atoms with Crippen molar-refractivity contribution in [1.29, 1.82) is 0 Å². The Bertz CT molecular complexity index is 101. The largest absolute Gasteiger partial charge is 0.392 e. The Morgan fingerprint density at radius 2 is 1.89 bits per heavy atom. The first-order valence-electron chi connectivity index (χ1n) is 3.40. The Hall–Kier alpha value is -0.530. The zero-order valence-corrected chi connectivity index (χ0v) is 5.60. The van der Waals surface area contributed by atoms with E-state index in [4.69, 9.17) is 0 Å². The Morgan fingerprint density at radius 1 is 1.22 bits per heavy atom. The van der Waals surface area contributed by atoms with E-state index in [-0.39, 0.29) is 0 Å². The molecule has 0 aromatic rings. The van der Waals surface area contributed by atoms with E-state index in [1.807, 2.05) is 0 Å². The average Bonchev–Trinajstić information content (AvgIpc) is 1.91. The van der Waals surface area contributed by atoms with Crippen LogP contribution in [-0.4, -0.2) is 5.71 Å². The van der Waals surface area contributed by atoms with Crippen LogP contribution in [0.1, 0.15) is 32.1 Å². The van der Waals surface area contributed by atoms with Crippen molar-refractivity contribution in [1.82, 2.24) is 0 Å². The lowest BCUT2D eigenvalue weighted by molar-refractivity contribution is 0.257. The van der Waals surface area contributed by atoms with Crippen LogP contribution in [0.5, 0.6) is 0 Å². The lowest BCUT2D eigenvalue weighted by Gasteiger charge is -2.10. The van der Waals surface area contributed by atoms with Gasteiger partial charge in [-0.05, 0) is 25.7 Å². The highest BCUT2D eigenvalue weighted by molar-refractivity contribution is 5.84. The fourth-order valence-electron chi connectivity index (χ4n) is 1.14. The molecule has 1 saturated carbocycles. The Morgan fingerprint density at radius 3 is 2.44 bits per heavy atom. The number of oxime groups is 1. The van der Waals surface area contributed by atoms with Crippen LogP contribution in [0.3, 0.4) is 0 Å². The van der Waals surface area contributed by atoms with Crippen LogP contribution >= 0.6 is 0 Å². The summed E-state index contributed by atoms with van der Waals surface area (Å²) in [6.07, 6.45) is 6.09. The minimum absolute atomic E-state index is 1.11. The predicted molar refractivity (Wildman–Crippen MR) is 37.0 cm³/mol. The van der Waals surface area contributed by atoms with Gasteiger partial charge in [-0.25, -0.2) is 0 Å². The molecular formula is C7H12NO. The van der Waals surface area contributed by atoms with E-state index in [0.717, 1.165) is 12.8 Å². The molecule has 2 heteroatoms. The minimum Gasteiger partial charge on any atom is -0.392 e. The van der Waals surface area contributed by atoms with E-state index in [9.17, 15) is 0 Å². The molecule has 1 fully saturated rings. The van der Waals surface area contributed by atoms with Crippen molar-refractivity contribution in [2.45, 2.75) is 32.1 Å². The molecule has 1 rings (SSSR count). The van der Waals surface area contributed by atoms with Crippen molar-refractivity contribution in [3.8, 4) is 0 Å². The fraction of sp³-hybridized carbons (Fsp3) is 0.714. The van der Waals surface area contributed by atoms with Crippen LogP contribution < -0.4 is 0 Å². The van der Waals surface area contributed by atoms with E-state index < -0.39 is 0 Å². The molecule has 0 N–H and O–H groups in total. The van der Waals surface area contributed by atoms with Gasteiger partial charge in [0, 0.05) is 0 Å². The van der Waals surface area contributed by atoms with Gasteiger partial charge in [0.05, 0.1) is 5.71 Å². The second-order valence-electron chi connectivity index (χ2n) is 2.35. The summed E-state index contributed by atoms with van der Waals surface area (Å²) < 4.78 is 0. The molecular weight excluding hydrogens is 114 g/mol. The molecule has 51 valence electrons. The third-order valence-electron chi connectivity index (χ3n) is 1.62. The second kappa shape index (κ2) is 3.49. The Balaban J connectivity index is 2.30. The molecule has 0 bridgehead atoms. The van der Waals surface area contributed by atoms with Crippen LogP contribution in [-0.2, 0) is 4.84 Å². The van der Waals surface area contributed by atoms with Gasteiger partial charge in [-0.15, -0.1) is 0 Å². The fourth-order valence-corrected chi connectivity index (χ4v) is 1.14. The molecule has 0 heterocycles. The summed E-state index contributed by atoms with van der Waals surface area (Å²) in [5.74, 6) is 0. The van der Waals surface area contributed by atoms with Crippen molar-refractivity contribution in [3.05, 3.63) is 7.11 Å². The first-order chi connectivity index (χ1) is 4.43. The molecule has 1 radical (unpaired) electrons. The van der Waals surface area contributed by atoms with Crippen LogP contribution in [0.25, 0.3) is 0 Å². The van der Waals surface area contributed by atoms with E-state index in [1.165, 1.54) is 25.0 Å². The topological polar surface area (TPSA) is 21.6 Å². The van der Waals surface area contributed by atoms with Crippen molar-refractivity contribution in [3.63, 3.8) is 0 Å². The van der Waals surface area contributed by atoms with Crippen LogP contribution in [0.15, 0.2) is 5.16 Å². The maximum Gasteiger partial charge on any atom is 0.153 e. The molecule has 0 amide bonds. The van der Waals surface area contributed by atoms with Gasteiger partial charge in [0.15, 0.2) is 7.11 Å². The Kier molecular flexibility index (Phi) is 2.55. The van der Waals surface area contributed by atoms with E-state index in [2.05, 4.69) is 17.1 Å². The summed E-state index contributed by atoms with van der Waals surface area (Å²) in [6, 6.07) is 0. The van der Waals surface area contributed by atoms with Gasteiger partial charge in [0.2, 0.25) is 0 Å². The van der Waals surface area contributed by atoms with Crippen molar-refractivity contribution >= 4 is 5.71 Å². The monoisotopic (exact) mass is 126 g/mol. The first-order valence-corrected chi connectivity index (χ1v) is 3.40. The Labute approximate surface area is 55.9 Å². The highest BCUT2D eigenvalue weighted by Gasteiger charge is 2.05.